The number of nitriles is 1. The lowest BCUT2D eigenvalue weighted by Gasteiger charge is -2.09. The van der Waals surface area contributed by atoms with Crippen LogP contribution in [0.15, 0.2) is 5.16 Å². The number of amides is 1. The zero-order valence-corrected chi connectivity index (χ0v) is 18.6. The van der Waals surface area contributed by atoms with E-state index in [1.54, 1.807) is 23.1 Å². The zero-order chi connectivity index (χ0) is 20.1. The van der Waals surface area contributed by atoms with Gasteiger partial charge < -0.3 is 9.88 Å². The summed E-state index contributed by atoms with van der Waals surface area (Å²) in [4.78, 5) is 18.4. The molecule has 1 aliphatic carbocycles. The molecule has 7 heteroatoms. The van der Waals surface area contributed by atoms with Crippen LogP contribution in [0.5, 0.6) is 0 Å². The molecule has 5 nitrogen and oxygen atoms in total. The number of nitrogens with zero attached hydrogens (tertiary/aromatic N) is 3. The van der Waals surface area contributed by atoms with Gasteiger partial charge >= 0.3 is 0 Å². The lowest BCUT2D eigenvalue weighted by atomic mass is 9.96. The van der Waals surface area contributed by atoms with Gasteiger partial charge in [0.25, 0.3) is 0 Å². The number of hydrogen-bond acceptors (Lipinski definition) is 5. The summed E-state index contributed by atoms with van der Waals surface area (Å²) in [6.07, 6.45) is 6.98. The van der Waals surface area contributed by atoms with E-state index in [2.05, 4.69) is 34.8 Å². The first-order chi connectivity index (χ1) is 13.5. The molecule has 28 heavy (non-hydrogen) atoms. The number of carbonyl (C=O) groups excluding carboxylic acids is 1. The van der Waals surface area contributed by atoms with Crippen LogP contribution < -0.4 is 5.32 Å². The normalized spacial score (nSPS) is 13.2. The first kappa shape index (κ1) is 20.9. The van der Waals surface area contributed by atoms with Gasteiger partial charge in [-0.1, -0.05) is 25.1 Å². The number of nitrogens with one attached hydrogen (secondary N) is 1. The van der Waals surface area contributed by atoms with Gasteiger partial charge in [0.1, 0.15) is 11.1 Å². The van der Waals surface area contributed by atoms with Crippen molar-refractivity contribution in [2.24, 2.45) is 0 Å². The molecule has 0 bridgehead atoms. The molecule has 2 aromatic heterocycles. The predicted molar refractivity (Wildman–Crippen MR) is 116 cm³/mol. The number of thioether (sulfide) groups is 1. The molecule has 1 N–H and O–H groups in total. The third-order valence-electron chi connectivity index (χ3n) is 5.25. The molecule has 2 heterocycles. The second-order valence-corrected chi connectivity index (χ2v) is 9.41. The maximum absolute atomic E-state index is 12.5. The standard InChI is InChI=1S/C21H28N4OS2/c1-4-5-11-25-15(3)14(2)23-21(25)27-12-10-19(26)24-20-17(13-22)16-8-6-7-9-18(16)28-20/h4-12H2,1-3H3,(H,24,26). The lowest BCUT2D eigenvalue weighted by Crippen LogP contribution is -2.12. The van der Waals surface area contributed by atoms with E-state index in [-0.39, 0.29) is 5.91 Å². The fourth-order valence-electron chi connectivity index (χ4n) is 3.51. The fraction of sp³-hybridized carbons (Fsp3) is 0.571. The summed E-state index contributed by atoms with van der Waals surface area (Å²) < 4.78 is 2.27. The molecule has 1 amide bonds. The summed E-state index contributed by atoms with van der Waals surface area (Å²) in [5.41, 5.74) is 4.11. The monoisotopic (exact) mass is 416 g/mol. The second-order valence-electron chi connectivity index (χ2n) is 7.24. The number of anilines is 1. The number of aryl methyl sites for hydroxylation is 2. The number of thiophene rings is 1. The minimum Gasteiger partial charge on any atom is -0.323 e. The molecule has 0 unspecified atom stereocenters. The molecule has 0 saturated carbocycles. The quantitative estimate of drug-likeness (QED) is 0.598. The molecular formula is C21H28N4OS2. The molecule has 0 aromatic carbocycles. The van der Waals surface area contributed by atoms with Crippen LogP contribution in [0.25, 0.3) is 0 Å². The SMILES string of the molecule is CCCCn1c(SCCC(=O)Nc2sc3c(c2C#N)CCCC3)nc(C)c1C. The van der Waals surface area contributed by atoms with E-state index >= 15 is 0 Å². The highest BCUT2D eigenvalue weighted by Gasteiger charge is 2.21. The molecule has 0 aliphatic heterocycles. The molecule has 0 atom stereocenters. The van der Waals surface area contributed by atoms with Crippen molar-refractivity contribution in [2.45, 2.75) is 77.4 Å². The van der Waals surface area contributed by atoms with E-state index in [1.165, 1.54) is 17.0 Å². The molecule has 150 valence electrons. The molecule has 1 aliphatic rings. The Hall–Kier alpha value is -1.78. The maximum Gasteiger partial charge on any atom is 0.225 e. The van der Waals surface area contributed by atoms with E-state index in [4.69, 9.17) is 0 Å². The van der Waals surface area contributed by atoms with Gasteiger partial charge in [-0.2, -0.15) is 5.26 Å². The van der Waals surface area contributed by atoms with Gasteiger partial charge in [-0.3, -0.25) is 4.79 Å². The Bertz CT molecular complexity index is 891. The van der Waals surface area contributed by atoms with Crippen LogP contribution in [0.1, 0.15) is 66.4 Å². The molecule has 0 fully saturated rings. The van der Waals surface area contributed by atoms with Gasteiger partial charge in [0.05, 0.1) is 11.3 Å². The summed E-state index contributed by atoms with van der Waals surface area (Å²) in [6.45, 7) is 7.31. The number of fused-ring (bicyclic) bond motifs is 1. The average molecular weight is 417 g/mol. The first-order valence-corrected chi connectivity index (χ1v) is 11.9. The number of aromatic nitrogens is 2. The van der Waals surface area contributed by atoms with Crippen molar-refractivity contribution < 1.29 is 4.79 Å². The first-order valence-electron chi connectivity index (χ1n) is 10.1. The van der Waals surface area contributed by atoms with E-state index in [1.807, 2.05) is 6.92 Å². The van der Waals surface area contributed by atoms with Crippen molar-refractivity contribution in [3.05, 3.63) is 27.4 Å². The fourth-order valence-corrected chi connectivity index (χ4v) is 5.82. The Kier molecular flexibility index (Phi) is 7.19. The van der Waals surface area contributed by atoms with Crippen LogP contribution in [0.4, 0.5) is 5.00 Å². The van der Waals surface area contributed by atoms with Crippen molar-refractivity contribution in [2.75, 3.05) is 11.1 Å². The lowest BCUT2D eigenvalue weighted by molar-refractivity contribution is -0.115. The van der Waals surface area contributed by atoms with Gasteiger partial charge in [-0.15, -0.1) is 11.3 Å². The Morgan fingerprint density at radius 1 is 1.36 bits per heavy atom. The van der Waals surface area contributed by atoms with Crippen molar-refractivity contribution in [1.82, 2.24) is 9.55 Å². The molecule has 0 saturated heterocycles. The smallest absolute Gasteiger partial charge is 0.225 e. The van der Waals surface area contributed by atoms with Crippen molar-refractivity contribution >= 4 is 34.0 Å². The van der Waals surface area contributed by atoms with Crippen molar-refractivity contribution in [3.8, 4) is 6.07 Å². The third-order valence-corrected chi connectivity index (χ3v) is 7.44. The summed E-state index contributed by atoms with van der Waals surface area (Å²) in [5, 5.41) is 14.2. The van der Waals surface area contributed by atoms with Crippen LogP contribution in [-0.2, 0) is 24.2 Å². The summed E-state index contributed by atoms with van der Waals surface area (Å²) >= 11 is 3.22. The summed E-state index contributed by atoms with van der Waals surface area (Å²) in [6, 6.07) is 2.30. The second kappa shape index (κ2) is 9.62. The topological polar surface area (TPSA) is 70.7 Å². The van der Waals surface area contributed by atoms with Crippen LogP contribution in [-0.4, -0.2) is 21.2 Å². The Balaban J connectivity index is 1.58. The molecule has 0 radical (unpaired) electrons. The van der Waals surface area contributed by atoms with E-state index in [0.717, 1.165) is 60.1 Å². The van der Waals surface area contributed by atoms with E-state index in [9.17, 15) is 10.1 Å². The van der Waals surface area contributed by atoms with E-state index in [0.29, 0.717) is 17.7 Å². The van der Waals surface area contributed by atoms with Gasteiger partial charge in [0, 0.05) is 29.3 Å². The van der Waals surface area contributed by atoms with E-state index < -0.39 is 0 Å². The zero-order valence-electron chi connectivity index (χ0n) is 16.9. The highest BCUT2D eigenvalue weighted by molar-refractivity contribution is 7.99. The molecular weight excluding hydrogens is 388 g/mol. The molecule has 2 aromatic rings. The van der Waals surface area contributed by atoms with Crippen molar-refractivity contribution in [1.29, 1.82) is 5.26 Å². The third kappa shape index (κ3) is 4.61. The predicted octanol–water partition coefficient (Wildman–Crippen LogP) is 5.23. The highest BCUT2D eigenvalue weighted by Crippen LogP contribution is 2.37. The van der Waals surface area contributed by atoms with Crippen LogP contribution in [0.3, 0.4) is 0 Å². The summed E-state index contributed by atoms with van der Waals surface area (Å²) in [5.74, 6) is 0.656. The average Bonchev–Trinajstić information content (AvgIpc) is 3.16. The molecule has 0 spiro atoms. The number of unbranched alkanes of at least 4 members (excludes halogenated alkanes) is 1. The van der Waals surface area contributed by atoms with Gasteiger partial charge in [-0.05, 0) is 51.5 Å². The van der Waals surface area contributed by atoms with Gasteiger partial charge in [0.15, 0.2) is 5.16 Å². The summed E-state index contributed by atoms with van der Waals surface area (Å²) in [7, 11) is 0. The molecule has 3 rings (SSSR count). The number of carbonyl (C=O) groups is 1. The number of hydrogen-bond donors (Lipinski definition) is 1. The van der Waals surface area contributed by atoms with Gasteiger partial charge in [0.2, 0.25) is 5.91 Å². The number of imidazole rings is 1. The Morgan fingerprint density at radius 3 is 2.89 bits per heavy atom. The van der Waals surface area contributed by atoms with Crippen molar-refractivity contribution in [3.63, 3.8) is 0 Å². The number of rotatable bonds is 8. The Morgan fingerprint density at radius 2 is 2.14 bits per heavy atom. The van der Waals surface area contributed by atoms with Crippen LogP contribution in [0.2, 0.25) is 0 Å². The maximum atomic E-state index is 12.5. The minimum absolute atomic E-state index is 0.0253. The van der Waals surface area contributed by atoms with Crippen LogP contribution >= 0.6 is 23.1 Å². The largest absolute Gasteiger partial charge is 0.323 e. The highest BCUT2D eigenvalue weighted by atomic mass is 32.2. The van der Waals surface area contributed by atoms with Crippen LogP contribution in [0, 0.1) is 25.2 Å². The minimum atomic E-state index is -0.0253. The van der Waals surface area contributed by atoms with Gasteiger partial charge in [-0.25, -0.2) is 4.98 Å². The Labute approximate surface area is 175 Å².